The van der Waals surface area contributed by atoms with E-state index in [4.69, 9.17) is 0 Å². The molecule has 1 N–H and O–H groups in total. The molecule has 4 rings (SSSR count). The van der Waals surface area contributed by atoms with E-state index < -0.39 is 0 Å². The molecule has 0 aromatic heterocycles. The van der Waals surface area contributed by atoms with Crippen molar-refractivity contribution >= 4 is 11.6 Å². The average Bonchev–Trinajstić information content (AvgIpc) is 2.91. The van der Waals surface area contributed by atoms with E-state index in [9.17, 15) is 14.7 Å². The molecule has 0 unspecified atom stereocenters. The number of rotatable bonds is 2. The quantitative estimate of drug-likeness (QED) is 0.752. The second-order valence-electron chi connectivity index (χ2n) is 11.1. The van der Waals surface area contributed by atoms with Crippen LogP contribution >= 0.6 is 0 Å². The van der Waals surface area contributed by atoms with E-state index in [1.807, 2.05) is 6.08 Å². The van der Waals surface area contributed by atoms with Crippen molar-refractivity contribution in [2.24, 2.45) is 33.0 Å². The van der Waals surface area contributed by atoms with Crippen LogP contribution in [0, 0.1) is 33.0 Å². The standard InChI is InChI=1S/C24H36O3/c1-20-9-7-17(26)14-16(20)6-10-24(5)22(3)11-8-18(19(27)15-25)21(22,2)12-13-23(20,24)4/h14,18,25H,6-13,15H2,1-5H3/t18-,20-,21-,22-,23+,24-/m1/s1. The third-order valence-electron chi connectivity index (χ3n) is 11.1. The smallest absolute Gasteiger partial charge is 0.161 e. The molecule has 4 aliphatic carbocycles. The first-order valence-corrected chi connectivity index (χ1v) is 10.9. The summed E-state index contributed by atoms with van der Waals surface area (Å²) in [5.74, 6) is 0.335. The summed E-state index contributed by atoms with van der Waals surface area (Å²) < 4.78 is 0. The molecule has 0 bridgehead atoms. The van der Waals surface area contributed by atoms with Crippen LogP contribution in [0.5, 0.6) is 0 Å². The Hall–Kier alpha value is -0.960. The van der Waals surface area contributed by atoms with Gasteiger partial charge in [-0.1, -0.05) is 40.2 Å². The molecule has 3 nitrogen and oxygen atoms in total. The van der Waals surface area contributed by atoms with Crippen LogP contribution in [-0.2, 0) is 9.59 Å². The van der Waals surface area contributed by atoms with Gasteiger partial charge in [-0.15, -0.1) is 0 Å². The zero-order chi connectivity index (χ0) is 19.9. The predicted molar refractivity (Wildman–Crippen MR) is 106 cm³/mol. The van der Waals surface area contributed by atoms with Gasteiger partial charge in [0, 0.05) is 12.3 Å². The number of hydrogen-bond acceptors (Lipinski definition) is 3. The van der Waals surface area contributed by atoms with Gasteiger partial charge in [-0.05, 0) is 78.1 Å². The molecule has 3 saturated carbocycles. The van der Waals surface area contributed by atoms with Gasteiger partial charge in [-0.3, -0.25) is 9.59 Å². The Morgan fingerprint density at radius 1 is 0.963 bits per heavy atom. The van der Waals surface area contributed by atoms with Crippen molar-refractivity contribution < 1.29 is 14.7 Å². The van der Waals surface area contributed by atoms with E-state index in [1.54, 1.807) is 0 Å². The monoisotopic (exact) mass is 372 g/mol. The average molecular weight is 373 g/mol. The van der Waals surface area contributed by atoms with Gasteiger partial charge in [-0.25, -0.2) is 0 Å². The van der Waals surface area contributed by atoms with Crippen molar-refractivity contribution in [3.63, 3.8) is 0 Å². The van der Waals surface area contributed by atoms with Crippen LogP contribution in [0.2, 0.25) is 0 Å². The molecule has 150 valence electrons. The van der Waals surface area contributed by atoms with Gasteiger partial charge < -0.3 is 5.11 Å². The van der Waals surface area contributed by atoms with Crippen LogP contribution < -0.4 is 0 Å². The third kappa shape index (κ3) is 1.97. The minimum atomic E-state index is -0.322. The highest BCUT2D eigenvalue weighted by Gasteiger charge is 2.74. The molecule has 0 aromatic rings. The minimum Gasteiger partial charge on any atom is -0.389 e. The normalized spacial score (nSPS) is 51.9. The van der Waals surface area contributed by atoms with Gasteiger partial charge in [0.1, 0.15) is 6.61 Å². The fourth-order valence-electron chi connectivity index (χ4n) is 8.56. The van der Waals surface area contributed by atoms with Crippen LogP contribution in [0.3, 0.4) is 0 Å². The number of Topliss-reactive ketones (excluding diaryl/α,β-unsaturated/α-hetero) is 1. The van der Waals surface area contributed by atoms with Gasteiger partial charge in [0.15, 0.2) is 11.6 Å². The number of carbonyl (C=O) groups is 2. The number of ketones is 2. The maximum atomic E-state index is 12.6. The molecule has 0 heterocycles. The lowest BCUT2D eigenvalue weighted by atomic mass is 9.31. The Morgan fingerprint density at radius 2 is 1.67 bits per heavy atom. The summed E-state index contributed by atoms with van der Waals surface area (Å²) >= 11 is 0. The van der Waals surface area contributed by atoms with Crippen molar-refractivity contribution in [3.8, 4) is 0 Å². The number of fused-ring (bicyclic) bond motifs is 5. The molecule has 6 atom stereocenters. The third-order valence-corrected chi connectivity index (χ3v) is 11.1. The highest BCUT2D eigenvalue weighted by Crippen LogP contribution is 2.81. The summed E-state index contributed by atoms with van der Waals surface area (Å²) in [6, 6.07) is 0. The van der Waals surface area contributed by atoms with Crippen LogP contribution in [0.1, 0.15) is 86.0 Å². The second kappa shape index (κ2) is 5.55. The maximum absolute atomic E-state index is 12.6. The first kappa shape index (κ1) is 19.4. The Labute approximate surface area is 164 Å². The van der Waals surface area contributed by atoms with Crippen LogP contribution in [0.4, 0.5) is 0 Å². The van der Waals surface area contributed by atoms with Gasteiger partial charge in [0.25, 0.3) is 0 Å². The van der Waals surface area contributed by atoms with Gasteiger partial charge >= 0.3 is 0 Å². The number of aliphatic hydroxyl groups excluding tert-OH is 1. The molecule has 4 aliphatic rings. The molecule has 0 saturated heterocycles. The Balaban J connectivity index is 1.84. The largest absolute Gasteiger partial charge is 0.389 e. The Kier molecular flexibility index (Phi) is 3.98. The Bertz CT molecular complexity index is 738. The Morgan fingerprint density at radius 3 is 2.33 bits per heavy atom. The van der Waals surface area contributed by atoms with Gasteiger partial charge in [0.2, 0.25) is 0 Å². The molecule has 3 heteroatoms. The van der Waals surface area contributed by atoms with Crippen LogP contribution in [-0.4, -0.2) is 23.3 Å². The number of hydrogen-bond donors (Lipinski definition) is 1. The van der Waals surface area contributed by atoms with Crippen LogP contribution in [0.15, 0.2) is 11.6 Å². The highest BCUT2D eigenvalue weighted by atomic mass is 16.3. The summed E-state index contributed by atoms with van der Waals surface area (Å²) in [5.41, 5.74) is 1.77. The zero-order valence-electron chi connectivity index (χ0n) is 17.8. The molecular weight excluding hydrogens is 336 g/mol. The lowest BCUT2D eigenvalue weighted by Gasteiger charge is -2.73. The molecule has 0 spiro atoms. The van der Waals surface area contributed by atoms with Crippen molar-refractivity contribution in [3.05, 3.63) is 11.6 Å². The van der Waals surface area contributed by atoms with Crippen LogP contribution in [0.25, 0.3) is 0 Å². The molecule has 27 heavy (non-hydrogen) atoms. The van der Waals surface area contributed by atoms with E-state index in [-0.39, 0.29) is 45.4 Å². The zero-order valence-corrected chi connectivity index (χ0v) is 17.8. The summed E-state index contributed by atoms with van der Waals surface area (Å²) in [6.45, 7) is 11.9. The topological polar surface area (TPSA) is 54.4 Å². The number of allylic oxidation sites excluding steroid dienone is 1. The lowest BCUT2D eigenvalue weighted by Crippen LogP contribution is -2.66. The van der Waals surface area contributed by atoms with Crippen molar-refractivity contribution in [2.75, 3.05) is 6.61 Å². The van der Waals surface area contributed by atoms with Gasteiger partial charge in [-0.2, -0.15) is 0 Å². The molecule has 0 aromatic carbocycles. The summed E-state index contributed by atoms with van der Waals surface area (Å²) in [5, 5.41) is 9.56. The lowest BCUT2D eigenvalue weighted by molar-refractivity contribution is -0.226. The second-order valence-corrected chi connectivity index (χ2v) is 11.1. The van der Waals surface area contributed by atoms with E-state index >= 15 is 0 Å². The van der Waals surface area contributed by atoms with E-state index in [2.05, 4.69) is 34.6 Å². The van der Waals surface area contributed by atoms with Crippen molar-refractivity contribution in [1.82, 2.24) is 0 Å². The highest BCUT2D eigenvalue weighted by molar-refractivity contribution is 5.91. The van der Waals surface area contributed by atoms with E-state index in [1.165, 1.54) is 5.57 Å². The van der Waals surface area contributed by atoms with Crippen molar-refractivity contribution in [2.45, 2.75) is 86.0 Å². The fraction of sp³-hybridized carbons (Fsp3) is 0.833. The van der Waals surface area contributed by atoms with E-state index in [0.717, 1.165) is 44.9 Å². The van der Waals surface area contributed by atoms with Gasteiger partial charge in [0.05, 0.1) is 0 Å². The first-order chi connectivity index (χ1) is 12.5. The number of carbonyl (C=O) groups excluding carboxylic acids is 2. The minimum absolute atomic E-state index is 0.00782. The summed E-state index contributed by atoms with van der Waals surface area (Å²) in [7, 11) is 0. The number of aliphatic hydroxyl groups is 1. The molecule has 3 fully saturated rings. The molecular formula is C24H36O3. The molecule has 0 radical (unpaired) electrons. The fourth-order valence-corrected chi connectivity index (χ4v) is 8.56. The summed E-state index contributed by atoms with van der Waals surface area (Å²) in [6.07, 6.45) is 9.85. The molecule has 0 aliphatic heterocycles. The van der Waals surface area contributed by atoms with E-state index in [0.29, 0.717) is 12.2 Å². The SMILES string of the molecule is C[C@]12CCC3=CC(=O)CC[C@@]3(C)[C@]1(C)CC[C@]1(C)[C@@H](C(=O)CO)CC[C@@]21C. The first-order valence-electron chi connectivity index (χ1n) is 10.9. The van der Waals surface area contributed by atoms with Crippen molar-refractivity contribution in [1.29, 1.82) is 0 Å². The summed E-state index contributed by atoms with van der Waals surface area (Å²) in [4.78, 5) is 24.7. The predicted octanol–water partition coefficient (Wildman–Crippen LogP) is 4.87. The maximum Gasteiger partial charge on any atom is 0.161 e. The molecule has 0 amide bonds.